The van der Waals surface area contributed by atoms with Crippen LogP contribution in [0.25, 0.3) is 5.69 Å². The van der Waals surface area contributed by atoms with Gasteiger partial charge in [-0.15, -0.1) is 5.10 Å². The molecular formula is C10H8FN3O2. The summed E-state index contributed by atoms with van der Waals surface area (Å²) in [6.07, 6.45) is 0. The Balaban J connectivity index is 2.49. The molecule has 0 bridgehead atoms. The summed E-state index contributed by atoms with van der Waals surface area (Å²) in [5, 5.41) is 16.5. The highest BCUT2D eigenvalue weighted by Crippen LogP contribution is 2.09. The van der Waals surface area contributed by atoms with Crippen LogP contribution in [-0.2, 0) is 0 Å². The molecule has 16 heavy (non-hydrogen) atoms. The fraction of sp³-hybridized carbons (Fsp3) is 0.100. The molecule has 1 aromatic carbocycles. The zero-order chi connectivity index (χ0) is 11.7. The maximum atomic E-state index is 12.9. The van der Waals surface area contributed by atoms with Crippen molar-refractivity contribution in [2.45, 2.75) is 6.92 Å². The lowest BCUT2D eigenvalue weighted by Gasteiger charge is -1.97. The Morgan fingerprint density at radius 1 is 1.44 bits per heavy atom. The highest BCUT2D eigenvalue weighted by molar-refractivity contribution is 5.86. The lowest BCUT2D eigenvalue weighted by atomic mass is 10.3. The predicted molar refractivity (Wildman–Crippen MR) is 53.0 cm³/mol. The number of benzene rings is 1. The van der Waals surface area contributed by atoms with Gasteiger partial charge in [-0.05, 0) is 19.1 Å². The smallest absolute Gasteiger partial charge is 0.358 e. The lowest BCUT2D eigenvalue weighted by molar-refractivity contribution is 0.0689. The van der Waals surface area contributed by atoms with Crippen molar-refractivity contribution < 1.29 is 14.3 Å². The summed E-state index contributed by atoms with van der Waals surface area (Å²) in [4.78, 5) is 11.8. The van der Waals surface area contributed by atoms with Crippen LogP contribution in [-0.4, -0.2) is 26.1 Å². The molecule has 0 amide bonds. The van der Waals surface area contributed by atoms with Crippen LogP contribution >= 0.6 is 0 Å². The van der Waals surface area contributed by atoms with Crippen molar-refractivity contribution in [1.29, 1.82) is 0 Å². The van der Waals surface area contributed by atoms with E-state index in [2.05, 4.69) is 10.2 Å². The van der Waals surface area contributed by atoms with Crippen molar-refractivity contribution in [2.24, 2.45) is 0 Å². The second-order valence-electron chi connectivity index (χ2n) is 3.21. The monoisotopic (exact) mass is 221 g/mol. The SMILES string of the molecule is Cc1nn(-c2cccc(F)c2)nc1C(=O)O. The third kappa shape index (κ3) is 1.77. The normalized spacial score (nSPS) is 10.4. The fourth-order valence-electron chi connectivity index (χ4n) is 1.29. The van der Waals surface area contributed by atoms with Crippen molar-refractivity contribution in [1.82, 2.24) is 15.0 Å². The van der Waals surface area contributed by atoms with E-state index in [9.17, 15) is 9.18 Å². The van der Waals surface area contributed by atoms with Gasteiger partial charge in [0.25, 0.3) is 0 Å². The fourth-order valence-corrected chi connectivity index (χ4v) is 1.29. The average molecular weight is 221 g/mol. The van der Waals surface area contributed by atoms with Crippen LogP contribution in [0, 0.1) is 12.7 Å². The largest absolute Gasteiger partial charge is 0.476 e. The maximum absolute atomic E-state index is 12.9. The molecule has 0 aliphatic heterocycles. The van der Waals surface area contributed by atoms with E-state index in [0.29, 0.717) is 5.69 Å². The van der Waals surface area contributed by atoms with Crippen molar-refractivity contribution in [3.8, 4) is 5.69 Å². The average Bonchev–Trinajstić information content (AvgIpc) is 2.60. The summed E-state index contributed by atoms with van der Waals surface area (Å²) in [6, 6.07) is 5.61. The van der Waals surface area contributed by atoms with E-state index >= 15 is 0 Å². The molecule has 1 N–H and O–H groups in total. The molecule has 2 rings (SSSR count). The van der Waals surface area contributed by atoms with Gasteiger partial charge < -0.3 is 5.11 Å². The number of rotatable bonds is 2. The number of carboxylic acid groups (broad SMARTS) is 1. The number of hydrogen-bond donors (Lipinski definition) is 1. The second kappa shape index (κ2) is 3.73. The standard InChI is InChI=1S/C10H8FN3O2/c1-6-9(10(15)16)13-14(12-6)8-4-2-3-7(11)5-8/h2-5H,1H3,(H,15,16). The van der Waals surface area contributed by atoms with E-state index < -0.39 is 11.8 Å². The Morgan fingerprint density at radius 3 is 2.75 bits per heavy atom. The molecule has 1 heterocycles. The minimum Gasteiger partial charge on any atom is -0.476 e. The van der Waals surface area contributed by atoms with Gasteiger partial charge in [-0.1, -0.05) is 6.07 Å². The van der Waals surface area contributed by atoms with E-state index in [1.54, 1.807) is 6.07 Å². The van der Waals surface area contributed by atoms with Crippen molar-refractivity contribution in [3.05, 3.63) is 41.5 Å². The number of carboxylic acids is 1. The van der Waals surface area contributed by atoms with E-state index in [4.69, 9.17) is 5.11 Å². The van der Waals surface area contributed by atoms with Crippen molar-refractivity contribution >= 4 is 5.97 Å². The summed E-state index contributed by atoms with van der Waals surface area (Å²) in [7, 11) is 0. The van der Waals surface area contributed by atoms with Gasteiger partial charge in [-0.25, -0.2) is 9.18 Å². The molecular weight excluding hydrogens is 213 g/mol. The maximum Gasteiger partial charge on any atom is 0.358 e. The van der Waals surface area contributed by atoms with Gasteiger partial charge in [-0.3, -0.25) is 0 Å². The molecule has 82 valence electrons. The number of hydrogen-bond acceptors (Lipinski definition) is 3. The quantitative estimate of drug-likeness (QED) is 0.832. The van der Waals surface area contributed by atoms with Gasteiger partial charge in [0.15, 0.2) is 5.69 Å². The molecule has 0 unspecified atom stereocenters. The Bertz CT molecular complexity index is 551. The number of halogens is 1. The summed E-state index contributed by atoms with van der Waals surface area (Å²) < 4.78 is 12.9. The Morgan fingerprint density at radius 2 is 2.19 bits per heavy atom. The summed E-state index contributed by atoms with van der Waals surface area (Å²) in [5.74, 6) is -1.58. The summed E-state index contributed by atoms with van der Waals surface area (Å²) >= 11 is 0. The summed E-state index contributed by atoms with van der Waals surface area (Å²) in [5.41, 5.74) is 0.539. The van der Waals surface area contributed by atoms with E-state index in [0.717, 1.165) is 4.80 Å². The minimum atomic E-state index is -1.15. The first-order valence-corrected chi connectivity index (χ1v) is 4.51. The zero-order valence-corrected chi connectivity index (χ0v) is 8.38. The van der Waals surface area contributed by atoms with E-state index in [1.807, 2.05) is 0 Å². The second-order valence-corrected chi connectivity index (χ2v) is 3.21. The highest BCUT2D eigenvalue weighted by atomic mass is 19.1. The van der Waals surface area contributed by atoms with Gasteiger partial charge >= 0.3 is 5.97 Å². The van der Waals surface area contributed by atoms with Crippen LogP contribution in [0.5, 0.6) is 0 Å². The van der Waals surface area contributed by atoms with Crippen LogP contribution in [0.1, 0.15) is 16.2 Å². The van der Waals surface area contributed by atoms with Crippen molar-refractivity contribution in [3.63, 3.8) is 0 Å². The van der Waals surface area contributed by atoms with Gasteiger partial charge in [0.2, 0.25) is 0 Å². The number of aryl methyl sites for hydroxylation is 1. The highest BCUT2D eigenvalue weighted by Gasteiger charge is 2.14. The first-order valence-electron chi connectivity index (χ1n) is 4.51. The van der Waals surface area contributed by atoms with Crippen LogP contribution in [0.2, 0.25) is 0 Å². The Labute approximate surface area is 90.1 Å². The molecule has 1 aromatic heterocycles. The third-order valence-electron chi connectivity index (χ3n) is 2.02. The number of carbonyl (C=O) groups is 1. The van der Waals surface area contributed by atoms with Crippen LogP contribution < -0.4 is 0 Å². The van der Waals surface area contributed by atoms with E-state index in [1.165, 1.54) is 25.1 Å². The molecule has 0 atom stereocenters. The van der Waals surface area contributed by atoms with Crippen molar-refractivity contribution in [2.75, 3.05) is 0 Å². The molecule has 0 spiro atoms. The lowest BCUT2D eigenvalue weighted by Crippen LogP contribution is -2.02. The minimum absolute atomic E-state index is 0.135. The molecule has 0 aliphatic carbocycles. The zero-order valence-electron chi connectivity index (χ0n) is 8.38. The third-order valence-corrected chi connectivity index (χ3v) is 2.02. The van der Waals surface area contributed by atoms with Gasteiger partial charge in [0.05, 0.1) is 11.4 Å². The topological polar surface area (TPSA) is 68.0 Å². The molecule has 5 nitrogen and oxygen atoms in total. The van der Waals surface area contributed by atoms with Crippen LogP contribution in [0.4, 0.5) is 4.39 Å². The molecule has 0 fully saturated rings. The van der Waals surface area contributed by atoms with Crippen LogP contribution in [0.3, 0.4) is 0 Å². The molecule has 2 aromatic rings. The van der Waals surface area contributed by atoms with Gasteiger partial charge in [0, 0.05) is 6.07 Å². The Kier molecular flexibility index (Phi) is 2.40. The number of aromatic nitrogens is 3. The first kappa shape index (κ1) is 10.3. The summed E-state index contributed by atoms with van der Waals surface area (Å²) in [6.45, 7) is 1.53. The Hall–Kier alpha value is -2.24. The molecule has 0 aliphatic rings. The number of aromatic carboxylic acids is 1. The van der Waals surface area contributed by atoms with Crippen LogP contribution in [0.15, 0.2) is 24.3 Å². The molecule has 0 radical (unpaired) electrons. The van der Waals surface area contributed by atoms with Gasteiger partial charge in [0.1, 0.15) is 5.82 Å². The van der Waals surface area contributed by atoms with Gasteiger partial charge in [-0.2, -0.15) is 9.90 Å². The molecule has 0 saturated heterocycles. The number of nitrogens with zero attached hydrogens (tertiary/aromatic N) is 3. The molecule has 0 saturated carbocycles. The predicted octanol–water partition coefficient (Wildman–Crippen LogP) is 1.41. The van der Waals surface area contributed by atoms with E-state index in [-0.39, 0.29) is 11.4 Å². The first-order chi connectivity index (χ1) is 7.58. The molecule has 6 heteroatoms.